The van der Waals surface area contributed by atoms with Gasteiger partial charge in [-0.15, -0.1) is 10.2 Å². The van der Waals surface area contributed by atoms with Gasteiger partial charge in [-0.05, 0) is 47.2 Å². The molecule has 1 aliphatic carbocycles. The number of unbranched alkanes of at least 4 members (excludes halogenated alkanes) is 1. The van der Waals surface area contributed by atoms with E-state index in [0.29, 0.717) is 17.7 Å². The zero-order valence-electron chi connectivity index (χ0n) is 25.5. The van der Waals surface area contributed by atoms with Crippen LogP contribution in [0, 0.1) is 0 Å². The molecule has 1 aliphatic heterocycles. The quantitative estimate of drug-likeness (QED) is 0.195. The maximum Gasteiger partial charge on any atom is 0.459 e. The second-order valence-electron chi connectivity index (χ2n) is 11.4. The van der Waals surface area contributed by atoms with Crippen molar-refractivity contribution in [3.63, 3.8) is 0 Å². The number of amidine groups is 1. The van der Waals surface area contributed by atoms with Crippen molar-refractivity contribution < 1.29 is 29.6 Å². The molecule has 46 heavy (non-hydrogen) atoms. The van der Waals surface area contributed by atoms with Gasteiger partial charge in [-0.1, -0.05) is 97.7 Å². The summed E-state index contributed by atoms with van der Waals surface area (Å²) in [6.45, 7) is 2.37. The molecule has 3 aromatic carbocycles. The SMILES string of the molecule is CCCCC1=NC2(CCCC2)C(=O)N1Cc1ccc(-c2ccccc2-c2nnn(C(=O)Oc3ccccc3CON(O)O)n2)cc1. The first kappa shape index (κ1) is 31.2. The molecule has 4 aromatic rings. The van der Waals surface area contributed by atoms with E-state index in [1.165, 1.54) is 6.07 Å². The topological polar surface area (TPSA) is 156 Å². The third kappa shape index (κ3) is 6.58. The molecule has 1 spiro atoms. The van der Waals surface area contributed by atoms with Crippen LogP contribution in [0.5, 0.6) is 5.75 Å². The van der Waals surface area contributed by atoms with Gasteiger partial charge in [0.15, 0.2) is 0 Å². The molecular formula is C33H35N7O6. The molecule has 238 valence electrons. The van der Waals surface area contributed by atoms with E-state index in [9.17, 15) is 9.59 Å². The molecule has 0 saturated heterocycles. The lowest BCUT2D eigenvalue weighted by Gasteiger charge is -2.23. The molecule has 0 unspecified atom stereocenters. The molecule has 2 heterocycles. The molecule has 1 fully saturated rings. The number of amides is 1. The first-order valence-electron chi connectivity index (χ1n) is 15.4. The van der Waals surface area contributed by atoms with E-state index < -0.39 is 17.0 Å². The Morgan fingerprint density at radius 2 is 1.70 bits per heavy atom. The minimum Gasteiger partial charge on any atom is -0.407 e. The molecule has 13 heteroatoms. The number of tetrazole rings is 1. The van der Waals surface area contributed by atoms with Gasteiger partial charge < -0.3 is 4.74 Å². The predicted molar refractivity (Wildman–Crippen MR) is 165 cm³/mol. The molecule has 0 radical (unpaired) electrons. The number of carbonyl (C=O) groups excluding carboxylic acids is 2. The summed E-state index contributed by atoms with van der Waals surface area (Å²) in [5, 5.41) is 29.5. The number of aliphatic imine (C=N–C) groups is 1. The van der Waals surface area contributed by atoms with E-state index in [4.69, 9.17) is 20.1 Å². The van der Waals surface area contributed by atoms with Crippen molar-refractivity contribution in [2.24, 2.45) is 4.99 Å². The largest absolute Gasteiger partial charge is 0.459 e. The summed E-state index contributed by atoms with van der Waals surface area (Å²) in [5.74, 6) is 1.41. The number of benzene rings is 3. The van der Waals surface area contributed by atoms with Crippen LogP contribution in [-0.4, -0.2) is 64.3 Å². The lowest BCUT2D eigenvalue weighted by molar-refractivity contribution is -0.497. The van der Waals surface area contributed by atoms with Crippen molar-refractivity contribution >= 4 is 17.8 Å². The number of nitrogens with zero attached hydrogens (tertiary/aromatic N) is 7. The Morgan fingerprint density at radius 3 is 2.43 bits per heavy atom. The average molecular weight is 626 g/mol. The summed E-state index contributed by atoms with van der Waals surface area (Å²) in [4.78, 5) is 38.7. The van der Waals surface area contributed by atoms with Gasteiger partial charge in [0.25, 0.3) is 5.91 Å². The zero-order chi connectivity index (χ0) is 32.1. The third-order valence-corrected chi connectivity index (χ3v) is 8.34. The lowest BCUT2D eigenvalue weighted by Crippen LogP contribution is -2.40. The fraction of sp³-hybridized carbons (Fsp3) is 0.333. The fourth-order valence-electron chi connectivity index (χ4n) is 5.98. The van der Waals surface area contributed by atoms with Crippen molar-refractivity contribution in [1.82, 2.24) is 30.5 Å². The minimum absolute atomic E-state index is 0.131. The highest BCUT2D eigenvalue weighted by molar-refractivity contribution is 6.08. The van der Waals surface area contributed by atoms with Gasteiger partial charge in [0, 0.05) is 17.5 Å². The second-order valence-corrected chi connectivity index (χ2v) is 11.4. The van der Waals surface area contributed by atoms with Crippen LogP contribution in [0.1, 0.15) is 63.0 Å². The summed E-state index contributed by atoms with van der Waals surface area (Å²) in [6.07, 6.45) is 5.70. The predicted octanol–water partition coefficient (Wildman–Crippen LogP) is 5.81. The lowest BCUT2D eigenvalue weighted by atomic mass is 9.97. The monoisotopic (exact) mass is 625 g/mol. The number of aromatic nitrogens is 4. The maximum absolute atomic E-state index is 13.6. The first-order valence-corrected chi connectivity index (χ1v) is 15.4. The molecule has 1 saturated carbocycles. The van der Waals surface area contributed by atoms with Crippen LogP contribution in [0.2, 0.25) is 0 Å². The minimum atomic E-state index is -0.907. The Kier molecular flexibility index (Phi) is 9.26. The molecule has 1 aromatic heterocycles. The Hall–Kier alpha value is -4.82. The Balaban J connectivity index is 1.18. The van der Waals surface area contributed by atoms with Gasteiger partial charge in [0.05, 0.1) is 11.9 Å². The maximum atomic E-state index is 13.6. The fourth-order valence-corrected chi connectivity index (χ4v) is 5.98. The van der Waals surface area contributed by atoms with E-state index in [-0.39, 0.29) is 24.1 Å². The third-order valence-electron chi connectivity index (χ3n) is 8.34. The standard InChI is InChI=1S/C33H35N7O6/c1-2-3-14-29-34-33(19-8-9-20-33)31(41)38(29)21-23-15-17-24(18-16-23)26-11-5-6-12-27(26)30-35-37-39(36-30)32(42)46-28-13-7-4-10-25(28)22-45-40(43)44/h4-7,10-13,15-18,43-44H,2-3,8-9,14,19-22H2,1H3. The molecule has 0 bridgehead atoms. The van der Waals surface area contributed by atoms with Crippen LogP contribution >= 0.6 is 0 Å². The average Bonchev–Trinajstić information content (AvgIpc) is 3.81. The summed E-state index contributed by atoms with van der Waals surface area (Å²) >= 11 is 0. The Labute approximate surface area is 265 Å². The molecule has 0 atom stereocenters. The highest BCUT2D eigenvalue weighted by atomic mass is 17.1. The molecule has 6 rings (SSSR count). The van der Waals surface area contributed by atoms with Gasteiger partial charge in [0.2, 0.25) is 5.82 Å². The van der Waals surface area contributed by atoms with E-state index in [1.54, 1.807) is 18.2 Å². The van der Waals surface area contributed by atoms with Crippen molar-refractivity contribution in [2.45, 2.75) is 70.6 Å². The van der Waals surface area contributed by atoms with E-state index in [2.05, 4.69) is 27.2 Å². The smallest absolute Gasteiger partial charge is 0.407 e. The van der Waals surface area contributed by atoms with Crippen LogP contribution in [0.4, 0.5) is 4.79 Å². The Morgan fingerprint density at radius 1 is 0.978 bits per heavy atom. The van der Waals surface area contributed by atoms with Crippen LogP contribution in [0.15, 0.2) is 77.8 Å². The van der Waals surface area contributed by atoms with Crippen molar-refractivity contribution in [2.75, 3.05) is 0 Å². The van der Waals surface area contributed by atoms with Crippen LogP contribution in [-0.2, 0) is 22.8 Å². The number of hydrogen-bond donors (Lipinski definition) is 2. The summed E-state index contributed by atoms with van der Waals surface area (Å²) in [6, 6.07) is 22.0. The van der Waals surface area contributed by atoms with Crippen LogP contribution in [0.25, 0.3) is 22.5 Å². The summed E-state index contributed by atoms with van der Waals surface area (Å²) < 4.78 is 5.42. The molecular weight excluding hydrogens is 590 g/mol. The molecule has 2 N–H and O–H groups in total. The molecule has 13 nitrogen and oxygen atoms in total. The Bertz CT molecular complexity index is 1730. The van der Waals surface area contributed by atoms with E-state index in [1.807, 2.05) is 53.4 Å². The van der Waals surface area contributed by atoms with Crippen LogP contribution < -0.4 is 4.74 Å². The second kappa shape index (κ2) is 13.7. The van der Waals surface area contributed by atoms with Gasteiger partial charge in [-0.25, -0.2) is 9.63 Å². The number of rotatable bonds is 11. The summed E-state index contributed by atoms with van der Waals surface area (Å²) in [5.41, 5.74) is 3.26. The molecule has 1 amide bonds. The zero-order valence-corrected chi connectivity index (χ0v) is 25.5. The normalized spacial score (nSPS) is 15.6. The van der Waals surface area contributed by atoms with Crippen LogP contribution in [0.3, 0.4) is 0 Å². The number of carbonyl (C=O) groups is 2. The number of hydrogen-bond acceptors (Lipinski definition) is 11. The number of para-hydroxylation sites is 1. The van der Waals surface area contributed by atoms with Gasteiger partial charge in [-0.3, -0.25) is 25.1 Å². The highest BCUT2D eigenvalue weighted by Crippen LogP contribution is 2.40. The molecule has 2 aliphatic rings. The van der Waals surface area contributed by atoms with E-state index >= 15 is 0 Å². The van der Waals surface area contributed by atoms with Crippen molar-refractivity contribution in [1.29, 1.82) is 0 Å². The number of ether oxygens (including phenoxy) is 1. The van der Waals surface area contributed by atoms with Crippen molar-refractivity contribution in [3.8, 4) is 28.3 Å². The van der Waals surface area contributed by atoms with Gasteiger partial charge >= 0.3 is 6.09 Å². The van der Waals surface area contributed by atoms with E-state index in [0.717, 1.165) is 72.3 Å². The van der Waals surface area contributed by atoms with Gasteiger partial charge in [0.1, 0.15) is 23.7 Å². The van der Waals surface area contributed by atoms with Crippen molar-refractivity contribution in [3.05, 3.63) is 83.9 Å². The van der Waals surface area contributed by atoms with Gasteiger partial charge in [-0.2, -0.15) is 0 Å². The summed E-state index contributed by atoms with van der Waals surface area (Å²) in [7, 11) is 0. The first-order chi connectivity index (χ1) is 22.4. The highest BCUT2D eigenvalue weighted by Gasteiger charge is 2.49.